The Morgan fingerprint density at radius 1 is 0.463 bits per heavy atom. The molecule has 0 aliphatic heterocycles. The van der Waals surface area contributed by atoms with E-state index in [9.17, 15) is 44.6 Å². The molecule has 0 radical (unpaired) electrons. The molecule has 0 aromatic rings. The second-order valence-electron chi connectivity index (χ2n) is 18.7. The maximum atomic E-state index is 12.9. The minimum Gasteiger partial charge on any atom is -0.462 e. The van der Waals surface area contributed by atoms with Crippen LogP contribution in [0.2, 0.25) is 0 Å². The van der Waals surface area contributed by atoms with E-state index in [1.807, 2.05) is 0 Å². The summed E-state index contributed by atoms with van der Waals surface area (Å²) in [6.45, 7) is 3.30. The van der Waals surface area contributed by atoms with E-state index in [1.165, 1.54) is 122 Å². The highest BCUT2D eigenvalue weighted by atomic mass is 31.2. The average Bonchev–Trinajstić information content (AvgIpc) is 3.31. The molecule has 0 spiro atoms. The maximum absolute atomic E-state index is 12.9. The summed E-state index contributed by atoms with van der Waals surface area (Å²) in [5.74, 6) is -1.10. The van der Waals surface area contributed by atoms with Crippen LogP contribution in [0, 0.1) is 0 Å². The van der Waals surface area contributed by atoms with E-state index in [-0.39, 0.29) is 12.8 Å². The lowest BCUT2D eigenvalue weighted by Gasteiger charge is -2.41. The summed E-state index contributed by atoms with van der Waals surface area (Å²) < 4.78 is 33.7. The van der Waals surface area contributed by atoms with Crippen LogP contribution in [0.4, 0.5) is 0 Å². The molecule has 67 heavy (non-hydrogen) atoms. The molecule has 1 aliphatic carbocycles. The fourth-order valence-corrected chi connectivity index (χ4v) is 9.11. The Hall–Kier alpha value is -1.93. The van der Waals surface area contributed by atoms with E-state index in [0.717, 1.165) is 70.6 Å². The lowest BCUT2D eigenvalue weighted by atomic mass is 9.85. The van der Waals surface area contributed by atoms with Crippen molar-refractivity contribution < 1.29 is 63.1 Å². The number of carbonyl (C=O) groups is 2. The molecule has 392 valence electrons. The number of carbonyl (C=O) groups excluding carboxylic acids is 2. The minimum absolute atomic E-state index is 0.0953. The standard InChI is InChI=1S/C53H97O13P/c1-3-5-7-9-11-13-15-17-19-21-22-23-24-26-28-30-32-34-36-38-40-42-47(55)65-45(44-64-67(61,62)66-53-51(59)49(57)48(56)50(58)52(53)60)43-63-46(54)41-39-37-35-33-31-29-27-25-20-18-16-14-12-10-8-6-4-2/h12,14,17-20,45,48-53,56-60H,3-11,13,15-16,21-44H2,1-2H3,(H,61,62)/b14-12+,19-17+,20-18+/t45-,48?,49-,50?,51?,52?,53?/m1/s1. The number of unbranched alkanes of at least 4 members (excludes halogenated alkanes) is 27. The molecule has 0 aromatic carbocycles. The topological polar surface area (TPSA) is 210 Å². The van der Waals surface area contributed by atoms with Crippen molar-refractivity contribution in [2.45, 2.75) is 275 Å². The summed E-state index contributed by atoms with van der Waals surface area (Å²) in [5.41, 5.74) is 0. The zero-order chi connectivity index (χ0) is 49.2. The van der Waals surface area contributed by atoms with Crippen molar-refractivity contribution in [1.29, 1.82) is 0 Å². The van der Waals surface area contributed by atoms with Crippen LogP contribution in [-0.2, 0) is 32.7 Å². The number of ether oxygens (including phenoxy) is 2. The maximum Gasteiger partial charge on any atom is 0.472 e. The highest BCUT2D eigenvalue weighted by Crippen LogP contribution is 2.47. The second-order valence-corrected chi connectivity index (χ2v) is 20.1. The minimum atomic E-state index is -5.12. The van der Waals surface area contributed by atoms with E-state index >= 15 is 0 Å². The van der Waals surface area contributed by atoms with Gasteiger partial charge in [-0.15, -0.1) is 0 Å². The van der Waals surface area contributed by atoms with Gasteiger partial charge in [-0.05, 0) is 70.6 Å². The average molecular weight is 973 g/mol. The number of allylic oxidation sites excluding steroid dienone is 6. The molecule has 1 saturated carbocycles. The highest BCUT2D eigenvalue weighted by molar-refractivity contribution is 7.47. The van der Waals surface area contributed by atoms with Crippen LogP contribution in [-0.4, -0.2) is 98.3 Å². The van der Waals surface area contributed by atoms with Crippen molar-refractivity contribution in [2.24, 2.45) is 0 Å². The summed E-state index contributed by atoms with van der Waals surface area (Å²) in [6.07, 6.45) is 37.6. The van der Waals surface area contributed by atoms with Crippen molar-refractivity contribution in [1.82, 2.24) is 0 Å². The van der Waals surface area contributed by atoms with Gasteiger partial charge < -0.3 is 39.9 Å². The Morgan fingerprint density at radius 3 is 1.25 bits per heavy atom. The lowest BCUT2D eigenvalue weighted by molar-refractivity contribution is -0.220. The normalized spacial score (nSPS) is 21.4. The molecule has 0 heterocycles. The van der Waals surface area contributed by atoms with Crippen LogP contribution in [0.1, 0.15) is 232 Å². The Kier molecular flexibility index (Phi) is 40.4. The van der Waals surface area contributed by atoms with Gasteiger partial charge in [-0.25, -0.2) is 4.57 Å². The number of phosphoric ester groups is 1. The zero-order valence-corrected chi connectivity index (χ0v) is 42.8. The molecule has 14 heteroatoms. The number of esters is 2. The summed E-state index contributed by atoms with van der Waals surface area (Å²) in [6, 6.07) is 0. The third-order valence-electron chi connectivity index (χ3n) is 12.5. The molecule has 8 atom stereocenters. The van der Waals surface area contributed by atoms with Gasteiger partial charge in [-0.1, -0.05) is 185 Å². The summed E-state index contributed by atoms with van der Waals surface area (Å²) in [4.78, 5) is 35.9. The predicted molar refractivity (Wildman–Crippen MR) is 267 cm³/mol. The molecule has 13 nitrogen and oxygen atoms in total. The smallest absolute Gasteiger partial charge is 0.462 e. The number of aliphatic hydroxyl groups is 5. The molecule has 1 aliphatic rings. The van der Waals surface area contributed by atoms with Crippen LogP contribution in [0.5, 0.6) is 0 Å². The van der Waals surface area contributed by atoms with Crippen LogP contribution < -0.4 is 0 Å². The monoisotopic (exact) mass is 973 g/mol. The molecule has 1 rings (SSSR count). The fraction of sp³-hybridized carbons (Fsp3) is 0.849. The van der Waals surface area contributed by atoms with Crippen LogP contribution in [0.25, 0.3) is 0 Å². The third kappa shape index (κ3) is 34.9. The van der Waals surface area contributed by atoms with E-state index in [1.54, 1.807) is 0 Å². The van der Waals surface area contributed by atoms with E-state index in [0.29, 0.717) is 12.8 Å². The Bertz CT molecular complexity index is 1310. The fourth-order valence-electron chi connectivity index (χ4n) is 8.14. The lowest BCUT2D eigenvalue weighted by Crippen LogP contribution is -2.64. The van der Waals surface area contributed by atoms with Crippen molar-refractivity contribution in [2.75, 3.05) is 13.2 Å². The van der Waals surface area contributed by atoms with Crippen molar-refractivity contribution >= 4 is 19.8 Å². The Balaban J connectivity index is 2.38. The molecule has 6 N–H and O–H groups in total. The predicted octanol–water partition coefficient (Wildman–Crippen LogP) is 11.7. The first-order chi connectivity index (χ1) is 32.4. The van der Waals surface area contributed by atoms with E-state index in [2.05, 4.69) is 50.3 Å². The Morgan fingerprint density at radius 2 is 0.806 bits per heavy atom. The number of aliphatic hydroxyl groups excluding tert-OH is 5. The quantitative estimate of drug-likeness (QED) is 0.0145. The summed E-state index contributed by atoms with van der Waals surface area (Å²) >= 11 is 0. The molecule has 6 unspecified atom stereocenters. The first kappa shape index (κ1) is 63.1. The molecular formula is C53H97O13P. The molecule has 0 bridgehead atoms. The first-order valence-corrected chi connectivity index (χ1v) is 28.3. The first-order valence-electron chi connectivity index (χ1n) is 26.8. The summed E-state index contributed by atoms with van der Waals surface area (Å²) in [5, 5.41) is 50.3. The van der Waals surface area contributed by atoms with Gasteiger partial charge in [0.15, 0.2) is 6.10 Å². The summed E-state index contributed by atoms with van der Waals surface area (Å²) in [7, 11) is -5.12. The molecule has 0 aromatic heterocycles. The molecule has 1 fully saturated rings. The van der Waals surface area contributed by atoms with Crippen molar-refractivity contribution in [3.05, 3.63) is 36.5 Å². The highest BCUT2D eigenvalue weighted by Gasteiger charge is 2.51. The van der Waals surface area contributed by atoms with Gasteiger partial charge in [-0.3, -0.25) is 18.6 Å². The van der Waals surface area contributed by atoms with Gasteiger partial charge in [0.25, 0.3) is 0 Å². The van der Waals surface area contributed by atoms with Gasteiger partial charge in [0, 0.05) is 12.8 Å². The van der Waals surface area contributed by atoms with Gasteiger partial charge in [0.1, 0.15) is 43.2 Å². The van der Waals surface area contributed by atoms with Gasteiger partial charge in [0.2, 0.25) is 0 Å². The van der Waals surface area contributed by atoms with Crippen molar-refractivity contribution in [3.63, 3.8) is 0 Å². The van der Waals surface area contributed by atoms with Gasteiger partial charge in [0.05, 0.1) is 6.61 Å². The Labute approximate surface area is 406 Å². The number of phosphoric acid groups is 1. The van der Waals surface area contributed by atoms with Crippen molar-refractivity contribution in [3.8, 4) is 0 Å². The molecular weight excluding hydrogens is 876 g/mol. The van der Waals surface area contributed by atoms with Gasteiger partial charge in [-0.2, -0.15) is 0 Å². The van der Waals surface area contributed by atoms with E-state index in [4.69, 9.17) is 18.5 Å². The third-order valence-corrected chi connectivity index (χ3v) is 13.4. The van der Waals surface area contributed by atoms with Crippen LogP contribution >= 0.6 is 7.82 Å². The van der Waals surface area contributed by atoms with Crippen LogP contribution in [0.15, 0.2) is 36.5 Å². The zero-order valence-electron chi connectivity index (χ0n) is 41.9. The SMILES string of the molecule is CCCCC/C=C/C/C=C/CCCCCCCCCC(=O)OC[C@H](COP(=O)(O)OC1C(O)C(O)C(O)[C@@H](O)C1O)OC(=O)CCCCCCCCCCCCC/C=C/CCCCCCCC. The van der Waals surface area contributed by atoms with Crippen LogP contribution in [0.3, 0.4) is 0 Å². The molecule has 0 amide bonds. The number of hydrogen-bond donors (Lipinski definition) is 6. The molecule has 0 saturated heterocycles. The number of hydrogen-bond acceptors (Lipinski definition) is 12. The largest absolute Gasteiger partial charge is 0.472 e. The van der Waals surface area contributed by atoms with Gasteiger partial charge >= 0.3 is 19.8 Å². The second kappa shape index (κ2) is 42.9. The number of rotatable bonds is 45. The van der Waals surface area contributed by atoms with E-state index < -0.39 is 75.7 Å².